The monoisotopic (exact) mass is 261 g/mol. The fourth-order valence-electron chi connectivity index (χ4n) is 1.36. The van der Waals surface area contributed by atoms with E-state index < -0.39 is 14.4 Å². The molecule has 0 aliphatic carbocycles. The molecule has 102 valence electrons. The van der Waals surface area contributed by atoms with Gasteiger partial charge < -0.3 is 14.6 Å². The molecule has 0 aliphatic rings. The van der Waals surface area contributed by atoms with Gasteiger partial charge in [0, 0.05) is 6.42 Å². The number of aliphatic hydroxyl groups excluding tert-OH is 1. The molecule has 0 saturated carbocycles. The van der Waals surface area contributed by atoms with Crippen LogP contribution in [0.5, 0.6) is 0 Å². The molecule has 0 unspecified atom stereocenters. The molecule has 3 nitrogen and oxygen atoms in total. The molecule has 0 bridgehead atoms. The van der Waals surface area contributed by atoms with E-state index in [1.807, 2.05) is 6.08 Å². The first-order valence-corrected chi connectivity index (χ1v) is 9.16. The highest BCUT2D eigenvalue weighted by Crippen LogP contribution is 2.38. The molecule has 0 aromatic carbocycles. The predicted octanol–water partition coefficient (Wildman–Crippen LogP) is 2.43. The molecular formula is C13H29O3Si+. The largest absolute Gasteiger partial charge is 0.444 e. The van der Waals surface area contributed by atoms with Gasteiger partial charge >= 0.3 is 0 Å². The molecule has 0 heterocycles. The van der Waals surface area contributed by atoms with Gasteiger partial charge in [-0.3, -0.25) is 0 Å². The maximum atomic E-state index is 9.57. The molecule has 0 fully saturated rings. The van der Waals surface area contributed by atoms with Crippen molar-refractivity contribution in [3.8, 4) is 0 Å². The highest BCUT2D eigenvalue weighted by Gasteiger charge is 2.39. The summed E-state index contributed by atoms with van der Waals surface area (Å²) in [5.41, 5.74) is 0. The van der Waals surface area contributed by atoms with Crippen molar-refractivity contribution in [3.63, 3.8) is 0 Å². The topological polar surface area (TPSA) is 52.4 Å². The van der Waals surface area contributed by atoms with Crippen LogP contribution >= 0.6 is 0 Å². The van der Waals surface area contributed by atoms with Crippen LogP contribution in [0.3, 0.4) is 0 Å². The zero-order valence-electron chi connectivity index (χ0n) is 11.9. The van der Waals surface area contributed by atoms with Crippen LogP contribution in [0.2, 0.25) is 18.1 Å². The zero-order valence-corrected chi connectivity index (χ0v) is 12.9. The van der Waals surface area contributed by atoms with Gasteiger partial charge in [0.05, 0.1) is 6.10 Å². The van der Waals surface area contributed by atoms with Crippen molar-refractivity contribution >= 4 is 8.32 Å². The number of hydrogen-bond donors (Lipinski definition) is 1. The lowest BCUT2D eigenvalue weighted by Gasteiger charge is -2.39. The van der Waals surface area contributed by atoms with Gasteiger partial charge in [0.2, 0.25) is 0 Å². The Balaban J connectivity index is 4.58. The van der Waals surface area contributed by atoms with E-state index in [1.165, 1.54) is 0 Å². The summed E-state index contributed by atoms with van der Waals surface area (Å²) in [6.07, 6.45) is 2.50. The lowest BCUT2D eigenvalue weighted by atomic mass is 10.1. The van der Waals surface area contributed by atoms with E-state index >= 15 is 0 Å². The smallest absolute Gasteiger partial charge is 0.192 e. The van der Waals surface area contributed by atoms with Crippen molar-refractivity contribution < 1.29 is 14.6 Å². The molecule has 0 aromatic rings. The summed E-state index contributed by atoms with van der Waals surface area (Å²) >= 11 is 0. The quantitative estimate of drug-likeness (QED) is 0.435. The maximum absolute atomic E-state index is 9.57. The van der Waals surface area contributed by atoms with Crippen LogP contribution in [-0.4, -0.2) is 37.3 Å². The van der Waals surface area contributed by atoms with E-state index in [1.54, 1.807) is 0 Å². The van der Waals surface area contributed by atoms with E-state index in [0.29, 0.717) is 6.42 Å². The summed E-state index contributed by atoms with van der Waals surface area (Å²) in [6.45, 7) is 14.8. The van der Waals surface area contributed by atoms with Crippen molar-refractivity contribution in [2.24, 2.45) is 0 Å². The van der Waals surface area contributed by atoms with Crippen molar-refractivity contribution in [2.45, 2.75) is 64.0 Å². The third-order valence-corrected chi connectivity index (χ3v) is 8.00. The highest BCUT2D eigenvalue weighted by atomic mass is 28.4. The van der Waals surface area contributed by atoms with Gasteiger partial charge in [0.25, 0.3) is 0 Å². The van der Waals surface area contributed by atoms with Crippen molar-refractivity contribution in [1.29, 1.82) is 0 Å². The van der Waals surface area contributed by atoms with Crippen LogP contribution in [0.1, 0.15) is 33.6 Å². The summed E-state index contributed by atoms with van der Waals surface area (Å²) in [6, 6.07) is 0. The molecule has 0 rings (SSSR count). The Morgan fingerprint density at radius 3 is 2.29 bits per heavy atom. The maximum Gasteiger partial charge on any atom is 0.192 e. The lowest BCUT2D eigenvalue weighted by Crippen LogP contribution is -2.44. The molecular weight excluding hydrogens is 232 g/mol. The minimum absolute atomic E-state index is 0.00579. The Labute approximate surface area is 107 Å². The molecule has 0 amide bonds. The van der Waals surface area contributed by atoms with Crippen LogP contribution in [-0.2, 0) is 4.43 Å². The molecule has 4 heteroatoms. The number of hydrogen-bond acceptors (Lipinski definition) is 2. The molecule has 3 N–H and O–H groups in total. The van der Waals surface area contributed by atoms with Gasteiger partial charge in [-0.25, -0.2) is 0 Å². The molecule has 0 aliphatic heterocycles. The second-order valence-corrected chi connectivity index (χ2v) is 10.9. The summed E-state index contributed by atoms with van der Waals surface area (Å²) in [5.74, 6) is 0. The second kappa shape index (κ2) is 6.68. The third kappa shape index (κ3) is 5.81. The molecule has 0 spiro atoms. The zero-order chi connectivity index (χ0) is 13.7. The van der Waals surface area contributed by atoms with Gasteiger partial charge in [-0.05, 0) is 24.6 Å². The van der Waals surface area contributed by atoms with Crippen LogP contribution < -0.4 is 0 Å². The minimum Gasteiger partial charge on any atom is -0.444 e. The van der Waals surface area contributed by atoms with Crippen LogP contribution in [0.25, 0.3) is 0 Å². The van der Waals surface area contributed by atoms with Crippen LogP contribution in [0, 0.1) is 0 Å². The van der Waals surface area contributed by atoms with E-state index in [9.17, 15) is 5.11 Å². The third-order valence-electron chi connectivity index (χ3n) is 3.47. The summed E-state index contributed by atoms with van der Waals surface area (Å²) < 4.78 is 6.24. The molecule has 2 atom stereocenters. The SMILES string of the molecule is C=CC[C@@H](C[C@H](O)C[OH2+])O[Si](C)(C)C(C)(C)C. The average molecular weight is 261 g/mol. The average Bonchev–Trinajstić information content (AvgIpc) is 2.15. The molecule has 0 radical (unpaired) electrons. The lowest BCUT2D eigenvalue weighted by molar-refractivity contribution is 0.0466. The second-order valence-electron chi connectivity index (χ2n) is 6.12. The minimum atomic E-state index is -1.80. The predicted molar refractivity (Wildman–Crippen MR) is 76.0 cm³/mol. The highest BCUT2D eigenvalue weighted by molar-refractivity contribution is 6.74. The van der Waals surface area contributed by atoms with E-state index in [2.05, 4.69) is 40.4 Å². The van der Waals surface area contributed by atoms with Crippen LogP contribution in [0.4, 0.5) is 0 Å². The Morgan fingerprint density at radius 2 is 1.94 bits per heavy atom. The first-order chi connectivity index (χ1) is 7.64. The Bertz CT molecular complexity index is 233. The fourth-order valence-corrected chi connectivity index (χ4v) is 2.74. The summed E-state index contributed by atoms with van der Waals surface area (Å²) in [4.78, 5) is 0. The molecule has 0 saturated heterocycles. The van der Waals surface area contributed by atoms with Gasteiger partial charge in [-0.2, -0.15) is 0 Å². The number of rotatable bonds is 7. The fraction of sp³-hybridized carbons (Fsp3) is 0.846. The van der Waals surface area contributed by atoms with Crippen molar-refractivity contribution in [1.82, 2.24) is 0 Å². The normalized spacial score (nSPS) is 16.6. The van der Waals surface area contributed by atoms with Gasteiger partial charge in [0.1, 0.15) is 6.10 Å². The first-order valence-electron chi connectivity index (χ1n) is 6.25. The van der Waals surface area contributed by atoms with Gasteiger partial charge in [0.15, 0.2) is 14.9 Å². The van der Waals surface area contributed by atoms with Crippen LogP contribution in [0.15, 0.2) is 12.7 Å². The van der Waals surface area contributed by atoms with E-state index in [0.717, 1.165) is 6.42 Å². The Hall–Kier alpha value is -0.163. The standard InChI is InChI=1S/C13H28O3Si/c1-7-8-12(9-11(15)10-14)16-17(5,6)13(2,3)4/h7,11-12,14-15H,1,8-10H2,2-6H3/p+1/t11-,12-/m0/s1. The van der Waals surface area contributed by atoms with Crippen molar-refractivity contribution in [3.05, 3.63) is 12.7 Å². The van der Waals surface area contributed by atoms with Crippen molar-refractivity contribution in [2.75, 3.05) is 6.61 Å². The molecule has 17 heavy (non-hydrogen) atoms. The van der Waals surface area contributed by atoms with E-state index in [-0.39, 0.29) is 17.7 Å². The molecule has 0 aromatic heterocycles. The summed E-state index contributed by atoms with van der Waals surface area (Å²) in [5, 5.41) is 16.9. The van der Waals surface area contributed by atoms with E-state index in [4.69, 9.17) is 9.53 Å². The Kier molecular flexibility index (Phi) is 6.62. The summed E-state index contributed by atoms with van der Waals surface area (Å²) in [7, 11) is -1.80. The number of aliphatic hydroxyl groups is 1. The van der Waals surface area contributed by atoms with Gasteiger partial charge in [-0.15, -0.1) is 6.58 Å². The Morgan fingerprint density at radius 1 is 1.41 bits per heavy atom. The first kappa shape index (κ1) is 16.8. The van der Waals surface area contributed by atoms with Gasteiger partial charge in [-0.1, -0.05) is 26.8 Å².